The van der Waals surface area contributed by atoms with Crippen molar-refractivity contribution < 1.29 is 39.5 Å². The summed E-state index contributed by atoms with van der Waals surface area (Å²) in [6, 6.07) is -4.74. The molecular formula is C12H23N5O8. The molecule has 0 heterocycles. The summed E-state index contributed by atoms with van der Waals surface area (Å²) in [6.45, 7) is 0.231. The van der Waals surface area contributed by atoms with Gasteiger partial charge in [-0.3, -0.25) is 4.79 Å². The molecule has 0 fully saturated rings. The van der Waals surface area contributed by atoms with Gasteiger partial charge in [-0.1, -0.05) is 0 Å². The summed E-state index contributed by atoms with van der Waals surface area (Å²) >= 11 is 0. The number of aliphatic hydroxyl groups is 2. The lowest BCUT2D eigenvalue weighted by Gasteiger charge is -2.22. The number of hydrazone groups is 1. The monoisotopic (exact) mass is 365 g/mol. The molecule has 0 saturated heterocycles. The van der Waals surface area contributed by atoms with Crippen LogP contribution in [0.4, 0.5) is 4.79 Å². The van der Waals surface area contributed by atoms with Crippen LogP contribution in [0.25, 0.3) is 0 Å². The van der Waals surface area contributed by atoms with Crippen LogP contribution >= 0.6 is 0 Å². The Morgan fingerprint density at radius 2 is 1.84 bits per heavy atom. The van der Waals surface area contributed by atoms with E-state index in [0.29, 0.717) is 0 Å². The van der Waals surface area contributed by atoms with E-state index in [2.05, 4.69) is 10.4 Å². The molecule has 25 heavy (non-hydrogen) atoms. The number of carboxylic acid groups (broad SMARTS) is 2. The predicted octanol–water partition coefficient (Wildman–Crippen LogP) is -3.43. The third kappa shape index (κ3) is 8.69. The Morgan fingerprint density at radius 1 is 1.24 bits per heavy atom. The third-order valence-electron chi connectivity index (χ3n) is 2.86. The van der Waals surface area contributed by atoms with Crippen molar-refractivity contribution in [2.24, 2.45) is 16.7 Å². The van der Waals surface area contributed by atoms with Gasteiger partial charge in [-0.15, -0.1) is 5.10 Å². The van der Waals surface area contributed by atoms with Gasteiger partial charge in [0.2, 0.25) is 5.90 Å². The second-order valence-corrected chi connectivity index (χ2v) is 5.04. The number of hydrogen-bond acceptors (Lipinski definition) is 9. The molecule has 13 heteroatoms. The number of nitrogens with zero attached hydrogens (tertiary/aromatic N) is 1. The largest absolute Gasteiger partial charge is 0.481 e. The molecule has 0 aromatic rings. The Morgan fingerprint density at radius 3 is 2.24 bits per heavy atom. The minimum Gasteiger partial charge on any atom is -0.481 e. The van der Waals surface area contributed by atoms with E-state index >= 15 is 0 Å². The van der Waals surface area contributed by atoms with Crippen molar-refractivity contribution in [3.8, 4) is 0 Å². The van der Waals surface area contributed by atoms with E-state index in [1.54, 1.807) is 0 Å². The van der Waals surface area contributed by atoms with Crippen molar-refractivity contribution in [3.05, 3.63) is 0 Å². The topological polar surface area (TPSA) is 230 Å². The van der Waals surface area contributed by atoms with Crippen molar-refractivity contribution in [3.63, 3.8) is 0 Å². The molecule has 0 radical (unpaired) electrons. The number of carbonyl (C=O) groups is 3. The SMILES string of the molecule is CC(O)C(NC(=O)NC(COC(=NN)C(N)CO)CC(=O)O)C(=O)O. The third-order valence-corrected chi connectivity index (χ3v) is 2.86. The summed E-state index contributed by atoms with van der Waals surface area (Å²) in [7, 11) is 0. The lowest BCUT2D eigenvalue weighted by atomic mass is 10.2. The predicted molar refractivity (Wildman–Crippen MR) is 83.4 cm³/mol. The van der Waals surface area contributed by atoms with Crippen LogP contribution < -0.4 is 22.2 Å². The molecule has 0 rings (SSSR count). The van der Waals surface area contributed by atoms with Gasteiger partial charge in [0.1, 0.15) is 12.6 Å². The quantitative estimate of drug-likeness (QED) is 0.0826. The average molecular weight is 365 g/mol. The van der Waals surface area contributed by atoms with Crippen LogP contribution in [0, 0.1) is 0 Å². The van der Waals surface area contributed by atoms with Crippen LogP contribution in [0.5, 0.6) is 0 Å². The van der Waals surface area contributed by atoms with Crippen LogP contribution in [0.2, 0.25) is 0 Å². The van der Waals surface area contributed by atoms with E-state index in [1.807, 2.05) is 5.32 Å². The van der Waals surface area contributed by atoms with Crippen LogP contribution in [0.15, 0.2) is 5.10 Å². The molecule has 10 N–H and O–H groups in total. The van der Waals surface area contributed by atoms with Crippen molar-refractivity contribution in [1.82, 2.24) is 10.6 Å². The number of nitrogens with one attached hydrogen (secondary N) is 2. The highest BCUT2D eigenvalue weighted by Gasteiger charge is 2.27. The summed E-state index contributed by atoms with van der Waals surface area (Å²) in [5, 5.41) is 43.3. The zero-order valence-corrected chi connectivity index (χ0v) is 13.5. The maximum atomic E-state index is 11.8. The Hall–Kier alpha value is -2.64. The number of ether oxygens (including phenoxy) is 1. The van der Waals surface area contributed by atoms with Gasteiger partial charge in [-0.2, -0.15) is 0 Å². The smallest absolute Gasteiger partial charge is 0.328 e. The molecule has 0 aromatic carbocycles. The molecule has 4 unspecified atom stereocenters. The first kappa shape index (κ1) is 22.4. The normalized spacial score (nSPS) is 16.2. The summed E-state index contributed by atoms with van der Waals surface area (Å²) in [4.78, 5) is 33.6. The van der Waals surface area contributed by atoms with E-state index in [9.17, 15) is 19.5 Å². The highest BCUT2D eigenvalue weighted by molar-refractivity contribution is 5.84. The first-order valence-corrected chi connectivity index (χ1v) is 7.09. The molecule has 0 aliphatic heterocycles. The highest BCUT2D eigenvalue weighted by atomic mass is 16.5. The Bertz CT molecular complexity index is 498. The van der Waals surface area contributed by atoms with Crippen molar-refractivity contribution in [2.75, 3.05) is 13.2 Å². The number of nitrogens with two attached hydrogens (primary N) is 2. The Labute approximate surface area is 142 Å². The lowest BCUT2D eigenvalue weighted by Crippen LogP contribution is -2.54. The number of hydrogen-bond donors (Lipinski definition) is 8. The average Bonchev–Trinajstić information content (AvgIpc) is 2.51. The number of aliphatic carboxylic acids is 2. The van der Waals surface area contributed by atoms with Crippen LogP contribution in [0.3, 0.4) is 0 Å². The molecule has 2 amide bonds. The van der Waals surface area contributed by atoms with Crippen molar-refractivity contribution in [2.45, 2.75) is 37.6 Å². The fourth-order valence-electron chi connectivity index (χ4n) is 1.62. The summed E-state index contributed by atoms with van der Waals surface area (Å²) in [5.74, 6) is 2.04. The van der Waals surface area contributed by atoms with Crippen molar-refractivity contribution >= 4 is 23.9 Å². The second kappa shape index (κ2) is 11.0. The van der Waals surface area contributed by atoms with Gasteiger partial charge in [-0.25, -0.2) is 9.59 Å². The van der Waals surface area contributed by atoms with E-state index in [4.69, 9.17) is 31.6 Å². The van der Waals surface area contributed by atoms with E-state index < -0.39 is 61.8 Å². The minimum atomic E-state index is -1.59. The number of amides is 2. The minimum absolute atomic E-state index is 0.257. The molecule has 0 spiro atoms. The summed E-state index contributed by atoms with van der Waals surface area (Å²) in [6.07, 6.45) is -1.94. The van der Waals surface area contributed by atoms with Crippen LogP contribution in [-0.2, 0) is 14.3 Å². The van der Waals surface area contributed by atoms with E-state index in [0.717, 1.165) is 6.92 Å². The maximum Gasteiger partial charge on any atom is 0.328 e. The summed E-state index contributed by atoms with van der Waals surface area (Å²) < 4.78 is 5.08. The van der Waals surface area contributed by atoms with Gasteiger partial charge in [0.25, 0.3) is 0 Å². The van der Waals surface area contributed by atoms with Gasteiger partial charge >= 0.3 is 18.0 Å². The number of carbonyl (C=O) groups excluding carboxylic acids is 1. The molecule has 0 aliphatic carbocycles. The van der Waals surface area contributed by atoms with Gasteiger partial charge in [0.15, 0.2) is 6.04 Å². The molecule has 4 atom stereocenters. The van der Waals surface area contributed by atoms with Crippen LogP contribution in [-0.4, -0.2) is 81.7 Å². The summed E-state index contributed by atoms with van der Waals surface area (Å²) in [5.41, 5.74) is 5.45. The fraction of sp³-hybridized carbons (Fsp3) is 0.667. The zero-order chi connectivity index (χ0) is 19.6. The van der Waals surface area contributed by atoms with Gasteiger partial charge in [0.05, 0.1) is 25.2 Å². The van der Waals surface area contributed by atoms with Gasteiger partial charge < -0.3 is 47.4 Å². The molecule has 0 saturated carbocycles. The number of rotatable bonds is 10. The van der Waals surface area contributed by atoms with E-state index in [-0.39, 0.29) is 5.90 Å². The molecule has 13 nitrogen and oxygen atoms in total. The molecule has 144 valence electrons. The van der Waals surface area contributed by atoms with E-state index in [1.165, 1.54) is 0 Å². The Balaban J connectivity index is 4.84. The van der Waals surface area contributed by atoms with Crippen molar-refractivity contribution in [1.29, 1.82) is 0 Å². The molecular weight excluding hydrogens is 342 g/mol. The molecule has 0 aliphatic rings. The number of urea groups is 1. The maximum absolute atomic E-state index is 11.8. The molecule has 0 bridgehead atoms. The van der Waals surface area contributed by atoms with Gasteiger partial charge in [0, 0.05) is 0 Å². The first-order valence-electron chi connectivity index (χ1n) is 7.09. The second-order valence-electron chi connectivity index (χ2n) is 5.04. The first-order chi connectivity index (χ1) is 11.6. The standard InChI is InChI=1S/C12H23N5O8/c1-5(19)9(11(22)23)16-12(24)15-6(2-8(20)21)4-25-10(17-14)7(13)3-18/h5-7,9,18-19H,2-4,13-14H2,1H3,(H,20,21)(H,22,23)(H2,15,16,24). The number of carboxylic acids is 2. The lowest BCUT2D eigenvalue weighted by molar-refractivity contribution is -0.142. The highest BCUT2D eigenvalue weighted by Crippen LogP contribution is 1.99. The fourth-order valence-corrected chi connectivity index (χ4v) is 1.62. The zero-order valence-electron chi connectivity index (χ0n) is 13.5. The Kier molecular flexibility index (Phi) is 9.85. The van der Waals surface area contributed by atoms with Gasteiger partial charge in [-0.05, 0) is 6.92 Å². The number of aliphatic hydroxyl groups excluding tert-OH is 2. The van der Waals surface area contributed by atoms with Crippen LogP contribution in [0.1, 0.15) is 13.3 Å². The molecule has 0 aromatic heterocycles.